The first kappa shape index (κ1) is 14.2. The Balaban J connectivity index is 2.30. The molecule has 1 heterocycles. The molecule has 0 aliphatic carbocycles. The van der Waals surface area contributed by atoms with E-state index in [9.17, 15) is 4.79 Å². The van der Waals surface area contributed by atoms with Gasteiger partial charge in [-0.15, -0.1) is 0 Å². The molecule has 0 spiro atoms. The minimum Gasteiger partial charge on any atom is -0.497 e. The second-order valence-corrected chi connectivity index (χ2v) is 4.41. The molecular weight excluding hydrogens is 258 g/mol. The van der Waals surface area contributed by atoms with Gasteiger partial charge in [-0.1, -0.05) is 0 Å². The average molecular weight is 275 g/mol. The van der Waals surface area contributed by atoms with E-state index in [1.54, 1.807) is 30.2 Å². The molecule has 0 bridgehead atoms. The number of nitriles is 1. The highest BCUT2D eigenvalue weighted by Gasteiger charge is 2.28. The molecule has 1 saturated heterocycles. The van der Waals surface area contributed by atoms with Gasteiger partial charge in [0.15, 0.2) is 0 Å². The number of nitrogens with zero attached hydrogens (tertiary/aromatic N) is 2. The van der Waals surface area contributed by atoms with Crippen molar-refractivity contribution < 1.29 is 14.3 Å². The molecule has 1 aromatic rings. The van der Waals surface area contributed by atoms with E-state index in [4.69, 9.17) is 14.7 Å². The number of benzene rings is 1. The summed E-state index contributed by atoms with van der Waals surface area (Å²) in [6.07, 6.45) is 0. The van der Waals surface area contributed by atoms with Crippen molar-refractivity contribution in [1.29, 1.82) is 5.26 Å². The maximum absolute atomic E-state index is 12.6. The molecule has 1 N–H and O–H groups in total. The third-order valence-corrected chi connectivity index (χ3v) is 3.29. The Morgan fingerprint density at radius 3 is 2.90 bits per heavy atom. The fraction of sp³-hybridized carbons (Fsp3) is 0.429. The molecule has 2 rings (SSSR count). The van der Waals surface area contributed by atoms with Crippen molar-refractivity contribution in [1.82, 2.24) is 10.2 Å². The standard InChI is InChI=1S/C14H17N3O3/c1-19-11-3-4-12(13(7-11)20-2)14(18)17-6-5-16-9-10(17)8-15/h3-4,7,10,16H,5-6,9H2,1-2H3. The van der Waals surface area contributed by atoms with Crippen LogP contribution in [0.25, 0.3) is 0 Å². The van der Waals surface area contributed by atoms with Gasteiger partial charge in [-0.05, 0) is 12.1 Å². The molecule has 6 heteroatoms. The van der Waals surface area contributed by atoms with Gasteiger partial charge in [0, 0.05) is 25.7 Å². The highest BCUT2D eigenvalue weighted by Crippen LogP contribution is 2.26. The Kier molecular flexibility index (Phi) is 4.43. The van der Waals surface area contributed by atoms with E-state index in [0.29, 0.717) is 36.7 Å². The third-order valence-electron chi connectivity index (χ3n) is 3.29. The summed E-state index contributed by atoms with van der Waals surface area (Å²) in [7, 11) is 3.06. The number of piperazine rings is 1. The topological polar surface area (TPSA) is 74.6 Å². The minimum absolute atomic E-state index is 0.197. The summed E-state index contributed by atoms with van der Waals surface area (Å²) in [5, 5.41) is 12.2. The van der Waals surface area contributed by atoms with Gasteiger partial charge < -0.3 is 19.7 Å². The van der Waals surface area contributed by atoms with Crippen LogP contribution in [0, 0.1) is 11.3 Å². The summed E-state index contributed by atoms with van der Waals surface area (Å²) in [4.78, 5) is 14.1. The van der Waals surface area contributed by atoms with Crippen LogP contribution in [0.2, 0.25) is 0 Å². The first-order valence-electron chi connectivity index (χ1n) is 6.34. The number of carbonyl (C=O) groups excluding carboxylic acids is 1. The fourth-order valence-corrected chi connectivity index (χ4v) is 2.19. The monoisotopic (exact) mass is 275 g/mol. The number of methoxy groups -OCH3 is 2. The molecule has 0 radical (unpaired) electrons. The molecule has 1 atom stereocenters. The molecule has 1 fully saturated rings. The van der Waals surface area contributed by atoms with E-state index >= 15 is 0 Å². The Morgan fingerprint density at radius 1 is 1.45 bits per heavy atom. The van der Waals surface area contributed by atoms with E-state index in [1.165, 1.54) is 7.11 Å². The van der Waals surface area contributed by atoms with E-state index in [0.717, 1.165) is 0 Å². The van der Waals surface area contributed by atoms with Crippen LogP contribution in [0.1, 0.15) is 10.4 Å². The van der Waals surface area contributed by atoms with Crippen LogP contribution in [-0.2, 0) is 0 Å². The number of nitrogens with one attached hydrogen (secondary N) is 1. The lowest BCUT2D eigenvalue weighted by Crippen LogP contribution is -2.53. The van der Waals surface area contributed by atoms with Gasteiger partial charge in [-0.25, -0.2) is 0 Å². The molecule has 20 heavy (non-hydrogen) atoms. The van der Waals surface area contributed by atoms with Gasteiger partial charge in [-0.2, -0.15) is 5.26 Å². The van der Waals surface area contributed by atoms with Crippen LogP contribution in [0.15, 0.2) is 18.2 Å². The van der Waals surface area contributed by atoms with Gasteiger partial charge in [0.1, 0.15) is 17.5 Å². The molecule has 106 valence electrons. The summed E-state index contributed by atoms with van der Waals surface area (Å²) in [6.45, 7) is 1.68. The SMILES string of the molecule is COc1ccc(C(=O)N2CCNCC2C#N)c(OC)c1. The van der Waals surface area contributed by atoms with E-state index < -0.39 is 6.04 Å². The van der Waals surface area contributed by atoms with Gasteiger partial charge in [0.05, 0.1) is 25.9 Å². The van der Waals surface area contributed by atoms with E-state index in [1.807, 2.05) is 0 Å². The van der Waals surface area contributed by atoms with Crippen LogP contribution in [-0.4, -0.2) is 50.7 Å². The summed E-state index contributed by atoms with van der Waals surface area (Å²) < 4.78 is 10.4. The lowest BCUT2D eigenvalue weighted by atomic mass is 10.1. The quantitative estimate of drug-likeness (QED) is 0.876. The van der Waals surface area contributed by atoms with Crippen LogP contribution in [0.3, 0.4) is 0 Å². The second kappa shape index (κ2) is 6.26. The van der Waals surface area contributed by atoms with Gasteiger partial charge in [0.25, 0.3) is 5.91 Å². The van der Waals surface area contributed by atoms with Crippen LogP contribution in [0.4, 0.5) is 0 Å². The number of rotatable bonds is 3. The molecule has 1 amide bonds. The number of hydrogen-bond acceptors (Lipinski definition) is 5. The Hall–Kier alpha value is -2.26. The molecule has 0 aromatic heterocycles. The Labute approximate surface area is 117 Å². The highest BCUT2D eigenvalue weighted by molar-refractivity contribution is 5.97. The van der Waals surface area contributed by atoms with Crippen molar-refractivity contribution >= 4 is 5.91 Å². The zero-order valence-corrected chi connectivity index (χ0v) is 11.5. The number of ether oxygens (including phenoxy) is 2. The first-order chi connectivity index (χ1) is 9.71. The lowest BCUT2D eigenvalue weighted by molar-refractivity contribution is 0.0683. The van der Waals surface area contributed by atoms with E-state index in [2.05, 4.69) is 11.4 Å². The number of amides is 1. The predicted molar refractivity (Wildman–Crippen MR) is 72.9 cm³/mol. The largest absolute Gasteiger partial charge is 0.497 e. The van der Waals surface area contributed by atoms with Crippen LogP contribution < -0.4 is 14.8 Å². The fourth-order valence-electron chi connectivity index (χ4n) is 2.19. The first-order valence-corrected chi connectivity index (χ1v) is 6.34. The maximum atomic E-state index is 12.6. The minimum atomic E-state index is -0.456. The molecule has 1 aliphatic heterocycles. The predicted octanol–water partition coefficient (Wildman–Crippen LogP) is 0.641. The molecule has 1 aromatic carbocycles. The van der Waals surface area contributed by atoms with Gasteiger partial charge in [0.2, 0.25) is 0 Å². The Bertz CT molecular complexity index is 539. The second-order valence-electron chi connectivity index (χ2n) is 4.41. The van der Waals surface area contributed by atoms with Crippen molar-refractivity contribution in [2.75, 3.05) is 33.9 Å². The smallest absolute Gasteiger partial charge is 0.258 e. The van der Waals surface area contributed by atoms with Crippen molar-refractivity contribution in [2.45, 2.75) is 6.04 Å². The van der Waals surface area contributed by atoms with Crippen molar-refractivity contribution in [2.24, 2.45) is 0 Å². The normalized spacial score (nSPS) is 18.2. The van der Waals surface area contributed by atoms with Crippen molar-refractivity contribution in [3.05, 3.63) is 23.8 Å². The summed E-state index contributed by atoms with van der Waals surface area (Å²) in [6, 6.07) is 6.72. The summed E-state index contributed by atoms with van der Waals surface area (Å²) >= 11 is 0. The molecule has 1 aliphatic rings. The molecular formula is C14H17N3O3. The highest BCUT2D eigenvalue weighted by atomic mass is 16.5. The van der Waals surface area contributed by atoms with Crippen LogP contribution in [0.5, 0.6) is 11.5 Å². The number of carbonyl (C=O) groups is 1. The zero-order chi connectivity index (χ0) is 14.5. The summed E-state index contributed by atoms with van der Waals surface area (Å²) in [5.41, 5.74) is 0.440. The van der Waals surface area contributed by atoms with E-state index in [-0.39, 0.29) is 5.91 Å². The molecule has 0 saturated carbocycles. The average Bonchev–Trinajstić information content (AvgIpc) is 2.53. The van der Waals surface area contributed by atoms with Crippen molar-refractivity contribution in [3.8, 4) is 17.6 Å². The van der Waals surface area contributed by atoms with Crippen LogP contribution >= 0.6 is 0 Å². The Morgan fingerprint density at radius 2 is 2.25 bits per heavy atom. The van der Waals surface area contributed by atoms with Crippen molar-refractivity contribution in [3.63, 3.8) is 0 Å². The maximum Gasteiger partial charge on any atom is 0.258 e. The van der Waals surface area contributed by atoms with Gasteiger partial charge in [-0.3, -0.25) is 4.79 Å². The number of hydrogen-bond donors (Lipinski definition) is 1. The lowest BCUT2D eigenvalue weighted by Gasteiger charge is -2.32. The summed E-state index contributed by atoms with van der Waals surface area (Å²) in [5.74, 6) is 0.873. The molecule has 1 unspecified atom stereocenters. The third kappa shape index (κ3) is 2.68. The zero-order valence-electron chi connectivity index (χ0n) is 11.5. The molecule has 6 nitrogen and oxygen atoms in total. The van der Waals surface area contributed by atoms with Gasteiger partial charge >= 0.3 is 0 Å².